The van der Waals surface area contributed by atoms with Crippen molar-refractivity contribution in [3.8, 4) is 0 Å². The van der Waals surface area contributed by atoms with Gasteiger partial charge in [0.25, 0.3) is 0 Å². The fraction of sp³-hybridized carbons (Fsp3) is 1.00. The van der Waals surface area contributed by atoms with Crippen LogP contribution in [0.25, 0.3) is 0 Å². The molecule has 1 rings (SSSR count). The summed E-state index contributed by atoms with van der Waals surface area (Å²) < 4.78 is 0. The Morgan fingerprint density at radius 1 is 1.00 bits per heavy atom. The first-order valence-corrected chi connectivity index (χ1v) is 11.2. The van der Waals surface area contributed by atoms with Gasteiger partial charge in [0.05, 0.1) is 0 Å². The van der Waals surface area contributed by atoms with Gasteiger partial charge in [0.15, 0.2) is 0 Å². The van der Waals surface area contributed by atoms with Gasteiger partial charge in [0.1, 0.15) is 7.42 Å². The van der Waals surface area contributed by atoms with Crippen molar-refractivity contribution in [2.45, 2.75) is 83.2 Å². The fourth-order valence-electron chi connectivity index (χ4n) is 3.19. The molecule has 0 aromatic rings. The molecule has 0 aromatic heterocycles. The SMILES string of the molecule is CCC(CC)(CC)[Si](Br)CC1CCCCC1. The molecule has 0 aliphatic heterocycles. The van der Waals surface area contributed by atoms with E-state index < -0.39 is 0 Å². The van der Waals surface area contributed by atoms with Gasteiger partial charge in [-0.15, -0.1) is 15.3 Å². The Morgan fingerprint density at radius 2 is 1.50 bits per heavy atom. The van der Waals surface area contributed by atoms with Crippen LogP contribution in [-0.4, -0.2) is 7.42 Å². The molecule has 0 N–H and O–H groups in total. The summed E-state index contributed by atoms with van der Waals surface area (Å²) >= 11 is 4.12. The summed E-state index contributed by atoms with van der Waals surface area (Å²) in [5.41, 5.74) is 0. The summed E-state index contributed by atoms with van der Waals surface area (Å²) in [6.45, 7) is 7.17. The first kappa shape index (κ1) is 14.8. The van der Waals surface area contributed by atoms with Crippen LogP contribution in [0.1, 0.15) is 72.1 Å². The van der Waals surface area contributed by atoms with Crippen LogP contribution in [0, 0.1) is 5.92 Å². The van der Waals surface area contributed by atoms with Crippen molar-refractivity contribution < 1.29 is 0 Å². The van der Waals surface area contributed by atoms with Gasteiger partial charge in [-0.3, -0.25) is 0 Å². The minimum absolute atomic E-state index is 0.326. The first-order chi connectivity index (χ1) is 7.68. The molecule has 0 unspecified atom stereocenters. The second kappa shape index (κ2) is 7.20. The molecule has 2 heteroatoms. The third-order valence-corrected chi connectivity index (χ3v) is 11.4. The minimum atomic E-state index is -0.326. The Kier molecular flexibility index (Phi) is 6.64. The maximum Gasteiger partial charge on any atom is 0.142 e. The zero-order valence-electron chi connectivity index (χ0n) is 11.3. The van der Waals surface area contributed by atoms with Gasteiger partial charge in [-0.25, -0.2) is 0 Å². The van der Waals surface area contributed by atoms with Crippen LogP contribution in [0.4, 0.5) is 0 Å². The molecular formula is C14H28BrSi. The second-order valence-corrected chi connectivity index (χ2v) is 10.6. The lowest BCUT2D eigenvalue weighted by Gasteiger charge is -2.36. The standard InChI is InChI=1S/C14H28BrSi/c1-4-14(5-2,6-3)16(15)12-13-10-8-7-9-11-13/h13H,4-12H2,1-3H3. The number of hydrogen-bond donors (Lipinski definition) is 0. The summed E-state index contributed by atoms with van der Waals surface area (Å²) in [5.74, 6) is 1.05. The van der Waals surface area contributed by atoms with Crippen LogP contribution < -0.4 is 0 Å². The lowest BCUT2D eigenvalue weighted by molar-refractivity contribution is 0.378. The smallest absolute Gasteiger partial charge is 0.128 e. The monoisotopic (exact) mass is 303 g/mol. The molecule has 0 amide bonds. The molecule has 16 heavy (non-hydrogen) atoms. The van der Waals surface area contributed by atoms with E-state index in [4.69, 9.17) is 0 Å². The number of halogens is 1. The minimum Gasteiger partial charge on any atom is -0.128 e. The molecule has 0 saturated heterocycles. The average Bonchev–Trinajstić information content (AvgIpc) is 2.33. The van der Waals surface area contributed by atoms with Crippen molar-refractivity contribution in [2.24, 2.45) is 5.92 Å². The Bertz CT molecular complexity index is 175. The van der Waals surface area contributed by atoms with Crippen LogP contribution >= 0.6 is 15.3 Å². The molecule has 0 aromatic carbocycles. The molecule has 1 fully saturated rings. The molecule has 1 aliphatic rings. The molecule has 0 nitrogen and oxygen atoms in total. The van der Waals surface area contributed by atoms with Crippen LogP contribution in [-0.2, 0) is 0 Å². The molecule has 0 bridgehead atoms. The van der Waals surface area contributed by atoms with E-state index >= 15 is 0 Å². The van der Waals surface area contributed by atoms with Crippen molar-refractivity contribution in [2.75, 3.05) is 0 Å². The average molecular weight is 304 g/mol. The molecule has 1 radical (unpaired) electrons. The van der Waals surface area contributed by atoms with Gasteiger partial charge in [0, 0.05) is 0 Å². The highest BCUT2D eigenvalue weighted by atomic mass is 79.9. The zero-order chi connectivity index (χ0) is 12.0. The highest BCUT2D eigenvalue weighted by Gasteiger charge is 2.35. The van der Waals surface area contributed by atoms with Crippen LogP contribution in [0.5, 0.6) is 0 Å². The highest BCUT2D eigenvalue weighted by Crippen LogP contribution is 2.47. The highest BCUT2D eigenvalue weighted by molar-refractivity contribution is 9.24. The van der Waals surface area contributed by atoms with Crippen molar-refractivity contribution in [3.63, 3.8) is 0 Å². The van der Waals surface area contributed by atoms with E-state index in [0.717, 1.165) is 5.92 Å². The third-order valence-electron chi connectivity index (χ3n) is 4.80. The Labute approximate surface area is 112 Å². The Balaban J connectivity index is 2.50. The Hall–Kier alpha value is 0.697. The van der Waals surface area contributed by atoms with Crippen molar-refractivity contribution in [1.82, 2.24) is 0 Å². The van der Waals surface area contributed by atoms with Crippen LogP contribution in [0.2, 0.25) is 11.1 Å². The maximum absolute atomic E-state index is 4.12. The topological polar surface area (TPSA) is 0 Å². The van der Waals surface area contributed by atoms with Crippen LogP contribution in [0.15, 0.2) is 0 Å². The van der Waals surface area contributed by atoms with Gasteiger partial charge in [-0.2, -0.15) is 0 Å². The molecule has 0 spiro atoms. The van der Waals surface area contributed by atoms with Gasteiger partial charge in [-0.1, -0.05) is 72.1 Å². The normalized spacial score (nSPS) is 19.3. The van der Waals surface area contributed by atoms with Crippen LogP contribution in [0.3, 0.4) is 0 Å². The summed E-state index contributed by atoms with van der Waals surface area (Å²) in [7, 11) is -0.326. The van der Waals surface area contributed by atoms with Gasteiger partial charge >= 0.3 is 0 Å². The Morgan fingerprint density at radius 3 is 1.94 bits per heavy atom. The summed E-state index contributed by atoms with van der Waals surface area (Å²) in [6.07, 6.45) is 11.6. The predicted molar refractivity (Wildman–Crippen MR) is 79.6 cm³/mol. The molecule has 95 valence electrons. The van der Waals surface area contributed by atoms with Crippen molar-refractivity contribution >= 4 is 22.7 Å². The summed E-state index contributed by atoms with van der Waals surface area (Å²) in [4.78, 5) is 0. The van der Waals surface area contributed by atoms with E-state index in [-0.39, 0.29) is 7.42 Å². The van der Waals surface area contributed by atoms with Gasteiger partial charge in [0.2, 0.25) is 0 Å². The second-order valence-electron chi connectivity index (χ2n) is 5.45. The first-order valence-electron chi connectivity index (χ1n) is 7.20. The van der Waals surface area contributed by atoms with E-state index in [0.29, 0.717) is 5.04 Å². The summed E-state index contributed by atoms with van der Waals surface area (Å²) in [5, 5.41) is 0.655. The molecule has 0 atom stereocenters. The fourth-order valence-corrected chi connectivity index (χ4v) is 9.58. The molecule has 1 aliphatic carbocycles. The molecule has 1 saturated carbocycles. The largest absolute Gasteiger partial charge is 0.142 e. The maximum atomic E-state index is 4.12. The van der Waals surface area contributed by atoms with Crippen molar-refractivity contribution in [3.05, 3.63) is 0 Å². The van der Waals surface area contributed by atoms with E-state index in [9.17, 15) is 0 Å². The van der Waals surface area contributed by atoms with Gasteiger partial charge in [-0.05, 0) is 17.0 Å². The van der Waals surface area contributed by atoms with Crippen molar-refractivity contribution in [1.29, 1.82) is 0 Å². The van der Waals surface area contributed by atoms with E-state index in [2.05, 4.69) is 36.1 Å². The predicted octanol–water partition coefficient (Wildman–Crippen LogP) is 5.92. The lowest BCUT2D eigenvalue weighted by atomic mass is 9.91. The quantitative estimate of drug-likeness (QED) is 0.422. The lowest BCUT2D eigenvalue weighted by Crippen LogP contribution is -2.29. The number of hydrogen-bond acceptors (Lipinski definition) is 0. The van der Waals surface area contributed by atoms with Gasteiger partial charge < -0.3 is 0 Å². The molecule has 0 heterocycles. The zero-order valence-corrected chi connectivity index (χ0v) is 13.9. The third kappa shape index (κ3) is 3.59. The summed E-state index contributed by atoms with van der Waals surface area (Å²) in [6, 6.07) is 1.51. The number of rotatable bonds is 6. The van der Waals surface area contributed by atoms with E-state index in [1.165, 1.54) is 57.4 Å². The van der Waals surface area contributed by atoms with E-state index in [1.54, 1.807) is 0 Å². The molecular weight excluding hydrogens is 276 g/mol. The van der Waals surface area contributed by atoms with E-state index in [1.807, 2.05) is 0 Å².